The molecule has 0 saturated carbocycles. The van der Waals surface area contributed by atoms with Crippen LogP contribution in [0.15, 0.2) is 71.8 Å². The van der Waals surface area contributed by atoms with Crippen molar-refractivity contribution < 1.29 is 23.8 Å². The zero-order valence-electron chi connectivity index (χ0n) is 21.1. The van der Waals surface area contributed by atoms with Gasteiger partial charge in [0, 0.05) is 0 Å². The van der Waals surface area contributed by atoms with Crippen LogP contribution in [-0.4, -0.2) is 31.4 Å². The maximum Gasteiger partial charge on any atom is 0.407 e. The molecule has 0 heterocycles. The van der Waals surface area contributed by atoms with Crippen molar-refractivity contribution in [3.8, 4) is 11.5 Å². The van der Waals surface area contributed by atoms with Crippen molar-refractivity contribution in [1.29, 1.82) is 0 Å². The highest BCUT2D eigenvalue weighted by Gasteiger charge is 2.19. The zero-order valence-corrected chi connectivity index (χ0v) is 22.6. The lowest BCUT2D eigenvalue weighted by Gasteiger charge is -2.18. The van der Waals surface area contributed by atoms with Crippen LogP contribution in [0.1, 0.15) is 43.0 Å². The van der Waals surface area contributed by atoms with Gasteiger partial charge in [-0.3, -0.25) is 4.79 Å². The first-order valence-electron chi connectivity index (χ1n) is 12.0. The van der Waals surface area contributed by atoms with Crippen LogP contribution in [-0.2, 0) is 16.1 Å². The highest BCUT2D eigenvalue weighted by atomic mass is 35.5. The molecule has 2 amide bonds. The van der Waals surface area contributed by atoms with Crippen molar-refractivity contribution in [2.75, 3.05) is 13.2 Å². The summed E-state index contributed by atoms with van der Waals surface area (Å²) in [7, 11) is 0. The third-order valence-electron chi connectivity index (χ3n) is 5.21. The fourth-order valence-corrected chi connectivity index (χ4v) is 3.77. The number of halogens is 2. The molecule has 0 unspecified atom stereocenters. The molecule has 1 atom stereocenters. The van der Waals surface area contributed by atoms with Gasteiger partial charge >= 0.3 is 6.09 Å². The number of benzene rings is 3. The van der Waals surface area contributed by atoms with Crippen LogP contribution < -0.4 is 20.2 Å². The monoisotopic (exact) mass is 557 g/mol. The summed E-state index contributed by atoms with van der Waals surface area (Å²) < 4.78 is 16.6. The fourth-order valence-electron chi connectivity index (χ4n) is 3.45. The van der Waals surface area contributed by atoms with Crippen LogP contribution in [0.4, 0.5) is 4.79 Å². The normalized spacial score (nSPS) is 11.6. The van der Waals surface area contributed by atoms with E-state index in [0.717, 1.165) is 11.1 Å². The second kappa shape index (κ2) is 14.9. The summed E-state index contributed by atoms with van der Waals surface area (Å²) in [6.45, 7) is 4.53. The van der Waals surface area contributed by atoms with E-state index >= 15 is 0 Å². The largest absolute Gasteiger partial charge is 0.490 e. The maximum atomic E-state index is 12.6. The molecule has 0 spiro atoms. The summed E-state index contributed by atoms with van der Waals surface area (Å²) in [6.07, 6.45) is 0.883. The Morgan fingerprint density at radius 3 is 2.42 bits per heavy atom. The van der Waals surface area contributed by atoms with Crippen LogP contribution in [0.25, 0.3) is 0 Å². The van der Waals surface area contributed by atoms with Crippen LogP contribution in [0.2, 0.25) is 10.0 Å². The molecule has 0 aliphatic carbocycles. The van der Waals surface area contributed by atoms with Crippen molar-refractivity contribution in [1.82, 2.24) is 10.7 Å². The molecule has 2 N–H and O–H groups in total. The van der Waals surface area contributed by atoms with Gasteiger partial charge in [-0.05, 0) is 60.9 Å². The van der Waals surface area contributed by atoms with E-state index in [-0.39, 0.29) is 25.5 Å². The van der Waals surface area contributed by atoms with Crippen LogP contribution >= 0.6 is 23.2 Å². The van der Waals surface area contributed by atoms with Crippen LogP contribution in [0.5, 0.6) is 11.5 Å². The average Bonchev–Trinajstić information content (AvgIpc) is 2.90. The first-order valence-corrected chi connectivity index (χ1v) is 12.8. The van der Waals surface area contributed by atoms with Crippen LogP contribution in [0, 0.1) is 0 Å². The van der Waals surface area contributed by atoms with Crippen LogP contribution in [0.3, 0.4) is 0 Å². The van der Waals surface area contributed by atoms with Crippen molar-refractivity contribution in [3.63, 3.8) is 0 Å². The molecule has 38 heavy (non-hydrogen) atoms. The van der Waals surface area contributed by atoms with E-state index in [1.165, 1.54) is 6.21 Å². The summed E-state index contributed by atoms with van der Waals surface area (Å²) in [5, 5.41) is 7.70. The number of rotatable bonds is 12. The number of carbonyl (C=O) groups is 2. The lowest BCUT2D eigenvalue weighted by Crippen LogP contribution is -2.33. The number of carbonyl (C=O) groups excluding carboxylic acids is 2. The van der Waals surface area contributed by atoms with Gasteiger partial charge in [-0.15, -0.1) is 0 Å². The molecule has 0 saturated heterocycles. The number of ether oxygens (including phenoxy) is 3. The summed E-state index contributed by atoms with van der Waals surface area (Å²) in [4.78, 5) is 24.5. The minimum Gasteiger partial charge on any atom is -0.490 e. The van der Waals surface area contributed by atoms with E-state index < -0.39 is 12.1 Å². The van der Waals surface area contributed by atoms with E-state index in [0.29, 0.717) is 33.7 Å². The first kappa shape index (κ1) is 28.8. The molecule has 0 bridgehead atoms. The van der Waals surface area contributed by atoms with Crippen molar-refractivity contribution in [2.45, 2.75) is 32.9 Å². The third-order valence-corrected chi connectivity index (χ3v) is 5.95. The number of alkyl carbamates (subject to hydrolysis) is 1. The van der Waals surface area contributed by atoms with E-state index in [2.05, 4.69) is 15.8 Å². The molecule has 0 aliphatic heterocycles. The molecule has 0 fully saturated rings. The Bertz CT molecular complexity index is 1250. The number of hydrazone groups is 1. The molecule has 3 aromatic rings. The quantitative estimate of drug-likeness (QED) is 0.201. The number of hydrogen-bond donors (Lipinski definition) is 2. The molecular formula is C28H29Cl2N3O5. The predicted octanol–water partition coefficient (Wildman–Crippen LogP) is 6.30. The highest BCUT2D eigenvalue weighted by Crippen LogP contribution is 2.30. The molecule has 3 aromatic carbocycles. The lowest BCUT2D eigenvalue weighted by molar-refractivity contribution is -0.121. The standard InChI is InChI=1S/C28H29Cl2N3O5/c1-3-36-26-15-19(11-13-25(26)38-18-20-10-12-22(29)23(30)14-20)17-31-33-27(34)16-24(32-28(35)37-4-2)21-8-6-5-7-9-21/h5-15,17,24H,3-4,16,18H2,1-2H3,(H,32,35)(H,33,34)/b31-17-/t24-/m0/s1. The van der Waals surface area contributed by atoms with E-state index in [1.54, 1.807) is 37.3 Å². The third kappa shape index (κ3) is 8.97. The smallest absolute Gasteiger partial charge is 0.407 e. The van der Waals surface area contributed by atoms with Crippen molar-refractivity contribution >= 4 is 41.4 Å². The minimum atomic E-state index is -0.595. The maximum absolute atomic E-state index is 12.6. The van der Waals surface area contributed by atoms with Gasteiger partial charge in [-0.1, -0.05) is 59.6 Å². The summed E-state index contributed by atoms with van der Waals surface area (Å²) in [6, 6.07) is 19.2. The average molecular weight is 558 g/mol. The zero-order chi connectivity index (χ0) is 27.3. The van der Waals surface area contributed by atoms with Gasteiger partial charge in [0.1, 0.15) is 6.61 Å². The number of hydrogen-bond acceptors (Lipinski definition) is 6. The molecule has 0 aromatic heterocycles. The van der Waals surface area contributed by atoms with E-state index in [4.69, 9.17) is 37.4 Å². The van der Waals surface area contributed by atoms with Gasteiger partial charge in [0.15, 0.2) is 11.5 Å². The summed E-state index contributed by atoms with van der Waals surface area (Å²) in [5.74, 6) is 0.707. The first-order chi connectivity index (χ1) is 18.4. The number of nitrogens with one attached hydrogen (secondary N) is 2. The number of amides is 2. The fraction of sp³-hybridized carbons (Fsp3) is 0.250. The minimum absolute atomic E-state index is 0.0220. The van der Waals surface area contributed by atoms with Crippen molar-refractivity contribution in [2.24, 2.45) is 5.10 Å². The van der Waals surface area contributed by atoms with Gasteiger partial charge in [0.05, 0.1) is 41.9 Å². The summed E-state index contributed by atoms with van der Waals surface area (Å²) in [5.41, 5.74) is 4.83. The molecule has 10 heteroatoms. The Hall–Kier alpha value is -3.75. The molecule has 3 rings (SSSR count). The number of nitrogens with zero attached hydrogens (tertiary/aromatic N) is 1. The summed E-state index contributed by atoms with van der Waals surface area (Å²) >= 11 is 12.1. The van der Waals surface area contributed by atoms with Gasteiger partial charge < -0.3 is 19.5 Å². The molecular weight excluding hydrogens is 529 g/mol. The van der Waals surface area contributed by atoms with Gasteiger partial charge in [-0.25, -0.2) is 10.2 Å². The molecule has 0 aliphatic rings. The highest BCUT2D eigenvalue weighted by molar-refractivity contribution is 6.42. The topological polar surface area (TPSA) is 98.2 Å². The Morgan fingerprint density at radius 2 is 1.71 bits per heavy atom. The lowest BCUT2D eigenvalue weighted by atomic mass is 10.0. The van der Waals surface area contributed by atoms with Crippen molar-refractivity contribution in [3.05, 3.63) is 93.5 Å². The SMILES string of the molecule is CCOC(=O)N[C@@H](CC(=O)N/N=C\c1ccc(OCc2ccc(Cl)c(Cl)c2)c(OCC)c1)c1ccccc1. The van der Waals surface area contributed by atoms with Gasteiger partial charge in [0.2, 0.25) is 5.91 Å². The van der Waals surface area contributed by atoms with Gasteiger partial charge in [-0.2, -0.15) is 5.10 Å². The van der Waals surface area contributed by atoms with E-state index in [1.807, 2.05) is 43.3 Å². The Morgan fingerprint density at radius 1 is 0.921 bits per heavy atom. The Balaban J connectivity index is 1.62. The molecule has 0 radical (unpaired) electrons. The molecule has 200 valence electrons. The predicted molar refractivity (Wildman–Crippen MR) is 148 cm³/mol. The second-order valence-electron chi connectivity index (χ2n) is 8.00. The van der Waals surface area contributed by atoms with Gasteiger partial charge in [0.25, 0.3) is 0 Å². The van der Waals surface area contributed by atoms with E-state index in [9.17, 15) is 9.59 Å². The molecule has 8 nitrogen and oxygen atoms in total. The Labute approximate surface area is 231 Å². The second-order valence-corrected chi connectivity index (χ2v) is 8.82. The Kier molecular flexibility index (Phi) is 11.3.